The van der Waals surface area contributed by atoms with Crippen molar-refractivity contribution in [2.24, 2.45) is 0 Å². The van der Waals surface area contributed by atoms with Crippen LogP contribution in [0.5, 0.6) is 5.75 Å². The Labute approximate surface area is 158 Å². The van der Waals surface area contributed by atoms with Crippen molar-refractivity contribution in [1.82, 2.24) is 15.1 Å². The Bertz CT molecular complexity index is 668. The van der Waals surface area contributed by atoms with Crippen molar-refractivity contribution in [3.63, 3.8) is 0 Å². The van der Waals surface area contributed by atoms with E-state index in [4.69, 9.17) is 20.8 Å². The normalized spacial score (nSPS) is 15.7. The van der Waals surface area contributed by atoms with Gasteiger partial charge in [-0.15, -0.1) is 0 Å². The van der Waals surface area contributed by atoms with Gasteiger partial charge in [0.15, 0.2) is 0 Å². The van der Waals surface area contributed by atoms with Crippen molar-refractivity contribution < 1.29 is 13.9 Å². The fraction of sp³-hybridized carbons (Fsp3) is 0.421. The van der Waals surface area contributed by atoms with E-state index in [1.54, 1.807) is 18.4 Å². The lowest BCUT2D eigenvalue weighted by molar-refractivity contribution is -0.122. The molecule has 0 atom stereocenters. The van der Waals surface area contributed by atoms with Crippen LogP contribution in [-0.2, 0) is 11.3 Å². The molecule has 1 N–H and O–H groups in total. The number of carbonyl (C=O) groups excluding carboxylic acids is 1. The predicted molar refractivity (Wildman–Crippen MR) is 100 cm³/mol. The van der Waals surface area contributed by atoms with E-state index < -0.39 is 0 Å². The van der Waals surface area contributed by atoms with E-state index in [2.05, 4.69) is 15.1 Å². The molecule has 1 aliphatic heterocycles. The number of amides is 1. The molecule has 1 amide bonds. The maximum atomic E-state index is 12.1. The lowest BCUT2D eigenvalue weighted by atomic mass is 10.3. The summed E-state index contributed by atoms with van der Waals surface area (Å²) in [7, 11) is 0. The van der Waals surface area contributed by atoms with Crippen LogP contribution >= 0.6 is 11.6 Å². The average molecular weight is 378 g/mol. The number of nitrogens with zero attached hydrogens (tertiary/aromatic N) is 2. The third-order valence-electron chi connectivity index (χ3n) is 4.30. The van der Waals surface area contributed by atoms with Crippen molar-refractivity contribution in [2.75, 3.05) is 45.9 Å². The van der Waals surface area contributed by atoms with E-state index >= 15 is 0 Å². The monoisotopic (exact) mass is 377 g/mol. The molecule has 0 saturated carbocycles. The molecule has 0 spiro atoms. The standard InChI is InChI=1S/C19H24ClN3O3/c20-16-3-5-17(6-4-16)26-13-7-21-19(24)15-23-10-8-22(9-11-23)14-18-2-1-12-25-18/h1-6,12H,7-11,13-15H2,(H,21,24). The van der Waals surface area contributed by atoms with Crippen molar-refractivity contribution in [1.29, 1.82) is 0 Å². The zero-order valence-electron chi connectivity index (χ0n) is 14.7. The lowest BCUT2D eigenvalue weighted by Gasteiger charge is -2.33. The molecule has 1 fully saturated rings. The fourth-order valence-electron chi connectivity index (χ4n) is 2.88. The third kappa shape index (κ3) is 6.05. The molecule has 0 radical (unpaired) electrons. The molecule has 140 valence electrons. The Kier molecular flexibility index (Phi) is 6.94. The van der Waals surface area contributed by atoms with E-state index in [-0.39, 0.29) is 5.91 Å². The van der Waals surface area contributed by atoms with Crippen LogP contribution in [-0.4, -0.2) is 61.6 Å². The van der Waals surface area contributed by atoms with E-state index in [0.29, 0.717) is 24.7 Å². The SMILES string of the molecule is O=C(CN1CCN(Cc2ccco2)CC1)NCCOc1ccc(Cl)cc1. The number of halogens is 1. The summed E-state index contributed by atoms with van der Waals surface area (Å²) in [5, 5.41) is 3.57. The molecule has 1 saturated heterocycles. The Morgan fingerprint density at radius 1 is 1.12 bits per heavy atom. The molecular formula is C19H24ClN3O3. The number of piperazine rings is 1. The Hall–Kier alpha value is -2.02. The third-order valence-corrected chi connectivity index (χ3v) is 4.55. The first kappa shape index (κ1) is 18.8. The van der Waals surface area contributed by atoms with Crippen LogP contribution in [0.1, 0.15) is 5.76 Å². The molecule has 6 nitrogen and oxygen atoms in total. The Morgan fingerprint density at radius 3 is 2.54 bits per heavy atom. The van der Waals surface area contributed by atoms with Crippen LogP contribution in [0, 0.1) is 0 Å². The van der Waals surface area contributed by atoms with E-state index in [1.165, 1.54) is 0 Å². The van der Waals surface area contributed by atoms with Gasteiger partial charge in [-0.1, -0.05) is 11.6 Å². The number of rotatable bonds is 8. The molecule has 0 aliphatic carbocycles. The molecule has 2 aromatic rings. The predicted octanol–water partition coefficient (Wildman–Crippen LogP) is 2.25. The van der Waals surface area contributed by atoms with Crippen LogP contribution < -0.4 is 10.1 Å². The first-order valence-electron chi connectivity index (χ1n) is 8.81. The van der Waals surface area contributed by atoms with Gasteiger partial charge in [0.25, 0.3) is 0 Å². The largest absolute Gasteiger partial charge is 0.492 e. The summed E-state index contributed by atoms with van der Waals surface area (Å²) in [6.45, 7) is 5.82. The molecule has 1 aliphatic rings. The van der Waals surface area contributed by atoms with Gasteiger partial charge in [-0.25, -0.2) is 0 Å². The van der Waals surface area contributed by atoms with Crippen LogP contribution in [0.4, 0.5) is 0 Å². The second-order valence-corrected chi connectivity index (χ2v) is 6.72. The van der Waals surface area contributed by atoms with Gasteiger partial charge in [0.05, 0.1) is 25.9 Å². The minimum atomic E-state index is 0.0317. The summed E-state index contributed by atoms with van der Waals surface area (Å²) in [5.74, 6) is 1.76. The summed E-state index contributed by atoms with van der Waals surface area (Å²) in [4.78, 5) is 16.6. The van der Waals surface area contributed by atoms with Gasteiger partial charge >= 0.3 is 0 Å². The highest BCUT2D eigenvalue weighted by Gasteiger charge is 2.19. The molecule has 0 bridgehead atoms. The number of nitrogens with one attached hydrogen (secondary N) is 1. The van der Waals surface area contributed by atoms with Crippen molar-refractivity contribution in [3.8, 4) is 5.75 Å². The summed E-state index contributed by atoms with van der Waals surface area (Å²) >= 11 is 5.83. The molecular weight excluding hydrogens is 354 g/mol. The topological polar surface area (TPSA) is 58.0 Å². The summed E-state index contributed by atoms with van der Waals surface area (Å²) < 4.78 is 10.9. The summed E-state index contributed by atoms with van der Waals surface area (Å²) in [5.41, 5.74) is 0. The molecule has 26 heavy (non-hydrogen) atoms. The van der Waals surface area contributed by atoms with Crippen LogP contribution in [0.25, 0.3) is 0 Å². The number of ether oxygens (including phenoxy) is 1. The van der Waals surface area contributed by atoms with Gasteiger partial charge in [-0.3, -0.25) is 14.6 Å². The maximum Gasteiger partial charge on any atom is 0.234 e. The van der Waals surface area contributed by atoms with Gasteiger partial charge in [0, 0.05) is 31.2 Å². The second-order valence-electron chi connectivity index (χ2n) is 6.28. The number of benzene rings is 1. The van der Waals surface area contributed by atoms with Crippen molar-refractivity contribution >= 4 is 17.5 Å². The van der Waals surface area contributed by atoms with Gasteiger partial charge in [0.2, 0.25) is 5.91 Å². The zero-order valence-corrected chi connectivity index (χ0v) is 15.5. The first-order chi connectivity index (χ1) is 12.7. The minimum absolute atomic E-state index is 0.0317. The maximum absolute atomic E-state index is 12.1. The second kappa shape index (κ2) is 9.62. The van der Waals surface area contributed by atoms with Gasteiger partial charge < -0.3 is 14.5 Å². The van der Waals surface area contributed by atoms with E-state index in [1.807, 2.05) is 24.3 Å². The van der Waals surface area contributed by atoms with Gasteiger partial charge in [-0.2, -0.15) is 0 Å². The van der Waals surface area contributed by atoms with E-state index in [9.17, 15) is 4.79 Å². The highest BCUT2D eigenvalue weighted by Crippen LogP contribution is 2.15. The zero-order chi connectivity index (χ0) is 18.2. The fourth-order valence-corrected chi connectivity index (χ4v) is 3.00. The van der Waals surface area contributed by atoms with Crippen molar-refractivity contribution in [2.45, 2.75) is 6.54 Å². The molecule has 3 rings (SSSR count). The highest BCUT2D eigenvalue weighted by atomic mass is 35.5. The van der Waals surface area contributed by atoms with Crippen LogP contribution in [0.3, 0.4) is 0 Å². The van der Waals surface area contributed by atoms with Gasteiger partial charge in [-0.05, 0) is 36.4 Å². The van der Waals surface area contributed by atoms with Crippen LogP contribution in [0.2, 0.25) is 5.02 Å². The lowest BCUT2D eigenvalue weighted by Crippen LogP contribution is -2.49. The molecule has 0 unspecified atom stereocenters. The molecule has 1 aromatic heterocycles. The highest BCUT2D eigenvalue weighted by molar-refractivity contribution is 6.30. The smallest absolute Gasteiger partial charge is 0.234 e. The van der Waals surface area contributed by atoms with E-state index in [0.717, 1.165) is 44.2 Å². The quantitative estimate of drug-likeness (QED) is 0.715. The molecule has 7 heteroatoms. The molecule has 1 aromatic carbocycles. The Balaban J connectivity index is 1.27. The summed E-state index contributed by atoms with van der Waals surface area (Å²) in [6, 6.07) is 11.1. The summed E-state index contributed by atoms with van der Waals surface area (Å²) in [6.07, 6.45) is 1.70. The Morgan fingerprint density at radius 2 is 1.85 bits per heavy atom. The van der Waals surface area contributed by atoms with Crippen LogP contribution in [0.15, 0.2) is 47.1 Å². The number of carbonyl (C=O) groups is 1. The van der Waals surface area contributed by atoms with Gasteiger partial charge in [0.1, 0.15) is 18.1 Å². The number of hydrogen-bond donors (Lipinski definition) is 1. The van der Waals surface area contributed by atoms with Crippen molar-refractivity contribution in [3.05, 3.63) is 53.4 Å². The minimum Gasteiger partial charge on any atom is -0.492 e. The average Bonchev–Trinajstić information content (AvgIpc) is 3.15. The molecule has 2 heterocycles. The number of furan rings is 1. The number of hydrogen-bond acceptors (Lipinski definition) is 5. The first-order valence-corrected chi connectivity index (χ1v) is 9.19.